The van der Waals surface area contributed by atoms with Crippen molar-refractivity contribution in [3.8, 4) is 0 Å². The molecule has 3 aromatic rings. The molecule has 1 amide bonds. The number of amides is 1. The van der Waals surface area contributed by atoms with Gasteiger partial charge in [-0.15, -0.1) is 0 Å². The fourth-order valence-electron chi connectivity index (χ4n) is 3.58. The zero-order valence-electron chi connectivity index (χ0n) is 15.1. The predicted molar refractivity (Wildman–Crippen MR) is 102 cm³/mol. The summed E-state index contributed by atoms with van der Waals surface area (Å²) in [7, 11) is 0. The van der Waals surface area contributed by atoms with Crippen LogP contribution in [0.2, 0.25) is 0 Å². The molecule has 6 nitrogen and oxygen atoms in total. The number of rotatable bonds is 3. The van der Waals surface area contributed by atoms with E-state index in [1.54, 1.807) is 10.7 Å². The third-order valence-corrected chi connectivity index (χ3v) is 4.96. The first-order valence-electron chi connectivity index (χ1n) is 9.06. The molecule has 3 heterocycles. The number of hydrogen-bond acceptors (Lipinski definition) is 4. The average molecular weight is 349 g/mol. The first kappa shape index (κ1) is 16.7. The fourth-order valence-corrected chi connectivity index (χ4v) is 3.58. The number of piperidine rings is 1. The number of benzene rings is 1. The lowest BCUT2D eigenvalue weighted by Gasteiger charge is -2.23. The molecule has 1 fully saturated rings. The first-order chi connectivity index (χ1) is 12.6. The van der Waals surface area contributed by atoms with E-state index in [0.717, 1.165) is 30.0 Å². The van der Waals surface area contributed by atoms with E-state index in [9.17, 15) is 4.79 Å². The zero-order chi connectivity index (χ0) is 18.1. The maximum atomic E-state index is 12.6. The van der Waals surface area contributed by atoms with Crippen molar-refractivity contribution in [1.29, 1.82) is 0 Å². The van der Waals surface area contributed by atoms with Gasteiger partial charge in [0, 0.05) is 11.9 Å². The molecule has 1 aromatic carbocycles. The highest BCUT2D eigenvalue weighted by Crippen LogP contribution is 2.26. The van der Waals surface area contributed by atoms with E-state index < -0.39 is 0 Å². The van der Waals surface area contributed by atoms with Crippen molar-refractivity contribution in [1.82, 2.24) is 19.9 Å². The number of aryl methyl sites for hydroxylation is 2. The number of nitrogens with one attached hydrogen (secondary N) is 2. The van der Waals surface area contributed by atoms with Gasteiger partial charge in [-0.05, 0) is 75.0 Å². The zero-order valence-corrected chi connectivity index (χ0v) is 15.1. The maximum Gasteiger partial charge on any atom is 0.257 e. The Bertz CT molecular complexity index is 939. The number of hydrogen-bond donors (Lipinski definition) is 2. The van der Waals surface area contributed by atoms with Crippen LogP contribution in [0.25, 0.3) is 5.65 Å². The summed E-state index contributed by atoms with van der Waals surface area (Å²) in [5.41, 5.74) is 4.44. The van der Waals surface area contributed by atoms with Gasteiger partial charge >= 0.3 is 0 Å². The molecule has 6 heteroatoms. The Hall–Kier alpha value is -2.73. The van der Waals surface area contributed by atoms with Gasteiger partial charge in [-0.1, -0.05) is 12.1 Å². The highest BCUT2D eigenvalue weighted by atomic mass is 16.1. The second-order valence-electron chi connectivity index (χ2n) is 6.94. The van der Waals surface area contributed by atoms with Gasteiger partial charge < -0.3 is 10.6 Å². The van der Waals surface area contributed by atoms with E-state index in [-0.39, 0.29) is 5.91 Å². The van der Waals surface area contributed by atoms with E-state index in [2.05, 4.69) is 32.8 Å². The summed E-state index contributed by atoms with van der Waals surface area (Å²) in [6.45, 7) is 5.93. The molecular weight excluding hydrogens is 326 g/mol. The molecule has 4 rings (SSSR count). The monoisotopic (exact) mass is 349 g/mol. The molecule has 2 N–H and O–H groups in total. The van der Waals surface area contributed by atoms with E-state index in [1.807, 2.05) is 32.0 Å². The molecule has 0 bridgehead atoms. The van der Waals surface area contributed by atoms with E-state index in [1.165, 1.54) is 18.4 Å². The number of fused-ring (bicyclic) bond motifs is 1. The lowest BCUT2D eigenvalue weighted by molar-refractivity contribution is 0.102. The third-order valence-electron chi connectivity index (χ3n) is 4.96. The van der Waals surface area contributed by atoms with Crippen molar-refractivity contribution < 1.29 is 4.79 Å². The molecule has 0 atom stereocenters. The number of pyridine rings is 1. The van der Waals surface area contributed by atoms with Crippen LogP contribution in [-0.2, 0) is 0 Å². The van der Waals surface area contributed by atoms with Crippen LogP contribution in [0.15, 0.2) is 36.5 Å². The van der Waals surface area contributed by atoms with Crippen LogP contribution < -0.4 is 10.6 Å². The summed E-state index contributed by atoms with van der Waals surface area (Å²) < 4.78 is 1.67. The van der Waals surface area contributed by atoms with Crippen LogP contribution in [0, 0.1) is 13.8 Å². The molecule has 1 aliphatic rings. The van der Waals surface area contributed by atoms with Crippen molar-refractivity contribution in [3.05, 3.63) is 59.0 Å². The van der Waals surface area contributed by atoms with Crippen LogP contribution in [0.1, 0.15) is 46.1 Å². The van der Waals surface area contributed by atoms with Crippen LogP contribution >= 0.6 is 0 Å². The van der Waals surface area contributed by atoms with E-state index in [4.69, 9.17) is 0 Å². The van der Waals surface area contributed by atoms with Gasteiger partial charge in [0.2, 0.25) is 0 Å². The Morgan fingerprint density at radius 2 is 1.92 bits per heavy atom. The van der Waals surface area contributed by atoms with Gasteiger partial charge in [-0.3, -0.25) is 4.79 Å². The quantitative estimate of drug-likeness (QED) is 0.762. The Balaban J connectivity index is 1.50. The number of anilines is 1. The highest BCUT2D eigenvalue weighted by molar-refractivity contribution is 6.04. The largest absolute Gasteiger partial charge is 0.322 e. The lowest BCUT2D eigenvalue weighted by atomic mass is 9.90. The van der Waals surface area contributed by atoms with Gasteiger partial charge in [0.05, 0.1) is 5.56 Å². The number of carbonyl (C=O) groups excluding carboxylic acids is 1. The summed E-state index contributed by atoms with van der Waals surface area (Å²) in [5.74, 6) is 1.17. The molecule has 26 heavy (non-hydrogen) atoms. The van der Waals surface area contributed by atoms with Crippen LogP contribution in [0.5, 0.6) is 0 Å². The van der Waals surface area contributed by atoms with Crippen molar-refractivity contribution in [2.24, 2.45) is 0 Å². The SMILES string of the molecule is Cc1nc2c(C)cc(C(=O)Nc3ccc(C4CCNCC4)cc3)cn2n1. The lowest BCUT2D eigenvalue weighted by Crippen LogP contribution is -2.26. The Morgan fingerprint density at radius 1 is 1.19 bits per heavy atom. The molecular formula is C20H23N5O. The van der Waals surface area contributed by atoms with Crippen LogP contribution in [0.3, 0.4) is 0 Å². The molecule has 0 spiro atoms. The normalized spacial score (nSPS) is 15.3. The summed E-state index contributed by atoms with van der Waals surface area (Å²) >= 11 is 0. The molecule has 1 saturated heterocycles. The molecule has 0 saturated carbocycles. The highest BCUT2D eigenvalue weighted by Gasteiger charge is 2.15. The van der Waals surface area contributed by atoms with Crippen molar-refractivity contribution >= 4 is 17.2 Å². The number of carbonyl (C=O) groups is 1. The second kappa shape index (κ2) is 6.88. The summed E-state index contributed by atoms with van der Waals surface area (Å²) in [6.07, 6.45) is 4.06. The van der Waals surface area contributed by atoms with Crippen LogP contribution in [-0.4, -0.2) is 33.6 Å². The van der Waals surface area contributed by atoms with Gasteiger partial charge in [0.15, 0.2) is 5.65 Å². The average Bonchev–Trinajstić information content (AvgIpc) is 3.04. The Kier molecular flexibility index (Phi) is 4.42. The minimum absolute atomic E-state index is 0.141. The fraction of sp³-hybridized carbons (Fsp3) is 0.350. The number of nitrogens with zero attached hydrogens (tertiary/aromatic N) is 3. The van der Waals surface area contributed by atoms with Crippen molar-refractivity contribution in [2.45, 2.75) is 32.6 Å². The van der Waals surface area contributed by atoms with Gasteiger partial charge in [0.1, 0.15) is 5.82 Å². The van der Waals surface area contributed by atoms with E-state index in [0.29, 0.717) is 17.3 Å². The molecule has 134 valence electrons. The van der Waals surface area contributed by atoms with Crippen molar-refractivity contribution in [3.63, 3.8) is 0 Å². The second-order valence-corrected chi connectivity index (χ2v) is 6.94. The predicted octanol–water partition coefficient (Wildman–Crippen LogP) is 3.07. The molecule has 2 aromatic heterocycles. The van der Waals surface area contributed by atoms with Gasteiger partial charge in [-0.25, -0.2) is 9.50 Å². The van der Waals surface area contributed by atoms with Gasteiger partial charge in [0.25, 0.3) is 5.91 Å². The van der Waals surface area contributed by atoms with Crippen LogP contribution in [0.4, 0.5) is 5.69 Å². The molecule has 0 radical (unpaired) electrons. The van der Waals surface area contributed by atoms with Gasteiger partial charge in [-0.2, -0.15) is 5.10 Å². The molecule has 0 aliphatic carbocycles. The molecule has 1 aliphatic heterocycles. The Labute approximate surface area is 152 Å². The first-order valence-corrected chi connectivity index (χ1v) is 9.06. The smallest absolute Gasteiger partial charge is 0.257 e. The number of aromatic nitrogens is 3. The van der Waals surface area contributed by atoms with Crippen molar-refractivity contribution in [2.75, 3.05) is 18.4 Å². The minimum Gasteiger partial charge on any atom is -0.322 e. The summed E-state index contributed by atoms with van der Waals surface area (Å²) in [6, 6.07) is 10.1. The topological polar surface area (TPSA) is 71.3 Å². The molecule has 0 unspecified atom stereocenters. The Morgan fingerprint density at radius 3 is 2.65 bits per heavy atom. The summed E-state index contributed by atoms with van der Waals surface area (Å²) in [5, 5.41) is 10.7. The van der Waals surface area contributed by atoms with E-state index >= 15 is 0 Å². The standard InChI is InChI=1S/C20H23N5O/c1-13-11-17(12-25-19(13)22-14(2)24-25)20(26)23-18-5-3-15(4-6-18)16-7-9-21-10-8-16/h3-6,11-12,16,21H,7-10H2,1-2H3,(H,23,26). The summed E-state index contributed by atoms with van der Waals surface area (Å²) in [4.78, 5) is 17.0. The minimum atomic E-state index is -0.141. The maximum absolute atomic E-state index is 12.6. The third kappa shape index (κ3) is 3.32.